The lowest BCUT2D eigenvalue weighted by atomic mass is 9.54. The van der Waals surface area contributed by atoms with Crippen LogP contribution in [0, 0.1) is 17.8 Å². The van der Waals surface area contributed by atoms with E-state index < -0.39 is 0 Å². The quantitative estimate of drug-likeness (QED) is 0.714. The van der Waals surface area contributed by atoms with Crippen LogP contribution in [0.15, 0.2) is 11.3 Å². The van der Waals surface area contributed by atoms with Gasteiger partial charge in [-0.15, -0.1) is 0 Å². The van der Waals surface area contributed by atoms with Crippen LogP contribution in [-0.4, -0.2) is 34.4 Å². The van der Waals surface area contributed by atoms with Crippen LogP contribution in [0.4, 0.5) is 0 Å². The topological polar surface area (TPSA) is 40.5 Å². The minimum Gasteiger partial charge on any atom is -0.504 e. The van der Waals surface area contributed by atoms with Gasteiger partial charge in [0.05, 0.1) is 0 Å². The van der Waals surface area contributed by atoms with Crippen molar-refractivity contribution in [2.24, 2.45) is 17.8 Å². The summed E-state index contributed by atoms with van der Waals surface area (Å²) < 4.78 is 0. The van der Waals surface area contributed by atoms with Crippen molar-refractivity contribution in [3.05, 3.63) is 11.3 Å². The van der Waals surface area contributed by atoms with Crippen molar-refractivity contribution in [1.82, 2.24) is 4.90 Å². The Kier molecular flexibility index (Phi) is 2.07. The third-order valence-electron chi connectivity index (χ3n) is 5.93. The number of nitrogens with zero attached hydrogens (tertiary/aromatic N) is 1. The molecule has 2 saturated heterocycles. The largest absolute Gasteiger partial charge is 0.504 e. The summed E-state index contributed by atoms with van der Waals surface area (Å²) in [6, 6.07) is 0. The average molecular weight is 247 g/mol. The molecular formula is C15H21NO2. The highest BCUT2D eigenvalue weighted by Gasteiger charge is 2.62. The Morgan fingerprint density at radius 2 is 2.22 bits per heavy atom. The summed E-state index contributed by atoms with van der Waals surface area (Å²) in [5, 5.41) is 10.3. The second-order valence-corrected chi connectivity index (χ2v) is 6.75. The SMILES string of the molecule is C[C@@H]1C[C@H]2C(=O)C(O)=C3CCN4CCCC2C34C1. The number of rotatable bonds is 0. The molecule has 3 fully saturated rings. The summed E-state index contributed by atoms with van der Waals surface area (Å²) in [5.74, 6) is 1.40. The smallest absolute Gasteiger partial charge is 0.200 e. The molecule has 1 saturated carbocycles. The van der Waals surface area contributed by atoms with E-state index in [1.54, 1.807) is 0 Å². The van der Waals surface area contributed by atoms with Gasteiger partial charge in [-0.25, -0.2) is 0 Å². The van der Waals surface area contributed by atoms with E-state index in [9.17, 15) is 9.90 Å². The molecule has 0 aromatic rings. The van der Waals surface area contributed by atoms with Gasteiger partial charge in [0, 0.05) is 18.0 Å². The number of hydrogen-bond acceptors (Lipinski definition) is 3. The number of ketones is 1. The van der Waals surface area contributed by atoms with Gasteiger partial charge < -0.3 is 5.11 Å². The number of piperidine rings is 1. The molecule has 4 aliphatic rings. The second-order valence-electron chi connectivity index (χ2n) is 6.75. The van der Waals surface area contributed by atoms with Gasteiger partial charge in [0.2, 0.25) is 5.78 Å². The van der Waals surface area contributed by atoms with Crippen LogP contribution >= 0.6 is 0 Å². The lowest BCUT2D eigenvalue weighted by molar-refractivity contribution is -0.134. The van der Waals surface area contributed by atoms with Gasteiger partial charge >= 0.3 is 0 Å². The highest BCUT2D eigenvalue weighted by molar-refractivity contribution is 5.98. The Labute approximate surface area is 108 Å². The standard InChI is InChI=1S/C15H21NO2/c1-9-7-10-11-3-2-5-16-6-4-12(14(18)13(10)17)15(11,16)8-9/h9-11,18H,2-8H2,1H3/t9-,10-,11?,15?/m1/s1. The van der Waals surface area contributed by atoms with Gasteiger partial charge in [0.15, 0.2) is 5.76 Å². The van der Waals surface area contributed by atoms with E-state index in [0.29, 0.717) is 11.8 Å². The van der Waals surface area contributed by atoms with Crippen molar-refractivity contribution in [2.45, 2.75) is 44.6 Å². The normalized spacial score (nSPS) is 47.4. The van der Waals surface area contributed by atoms with Crippen LogP contribution in [0.1, 0.15) is 39.0 Å². The zero-order valence-electron chi connectivity index (χ0n) is 11.0. The summed E-state index contributed by atoms with van der Waals surface area (Å²) >= 11 is 0. The molecule has 0 aromatic heterocycles. The van der Waals surface area contributed by atoms with Crippen molar-refractivity contribution in [2.75, 3.05) is 13.1 Å². The fourth-order valence-electron chi connectivity index (χ4n) is 5.45. The molecule has 1 spiro atoms. The van der Waals surface area contributed by atoms with Crippen molar-refractivity contribution in [3.8, 4) is 0 Å². The minimum atomic E-state index is 0.0564. The van der Waals surface area contributed by atoms with Gasteiger partial charge in [-0.3, -0.25) is 9.69 Å². The number of carbonyl (C=O) groups is 1. The first kappa shape index (κ1) is 11.0. The zero-order chi connectivity index (χ0) is 12.5. The predicted molar refractivity (Wildman–Crippen MR) is 68.2 cm³/mol. The Balaban J connectivity index is 1.95. The van der Waals surface area contributed by atoms with Gasteiger partial charge in [0.1, 0.15) is 0 Å². The van der Waals surface area contributed by atoms with Crippen molar-refractivity contribution in [1.29, 1.82) is 0 Å². The predicted octanol–water partition coefficient (Wildman–Crippen LogP) is 2.28. The highest BCUT2D eigenvalue weighted by atomic mass is 16.3. The molecule has 2 bridgehead atoms. The van der Waals surface area contributed by atoms with Crippen LogP contribution in [0.2, 0.25) is 0 Å². The van der Waals surface area contributed by atoms with Gasteiger partial charge in [-0.05, 0) is 56.1 Å². The number of aliphatic hydroxyl groups excluding tert-OH is 1. The van der Waals surface area contributed by atoms with Crippen LogP contribution in [-0.2, 0) is 4.79 Å². The van der Waals surface area contributed by atoms with Gasteiger partial charge in [-0.2, -0.15) is 0 Å². The Bertz CT molecular complexity index is 455. The monoisotopic (exact) mass is 247 g/mol. The summed E-state index contributed by atoms with van der Waals surface area (Å²) in [6.45, 7) is 4.47. The molecule has 2 unspecified atom stereocenters. The summed E-state index contributed by atoms with van der Waals surface area (Å²) in [7, 11) is 0. The summed E-state index contributed by atoms with van der Waals surface area (Å²) in [5.41, 5.74) is 1.17. The first-order chi connectivity index (χ1) is 8.64. The minimum absolute atomic E-state index is 0.0564. The number of hydrogen-bond donors (Lipinski definition) is 1. The van der Waals surface area contributed by atoms with Crippen molar-refractivity contribution in [3.63, 3.8) is 0 Å². The maximum atomic E-state index is 12.4. The summed E-state index contributed by atoms with van der Waals surface area (Å²) in [4.78, 5) is 15.0. The fourth-order valence-corrected chi connectivity index (χ4v) is 5.45. The maximum absolute atomic E-state index is 12.4. The van der Waals surface area contributed by atoms with Crippen molar-refractivity contribution >= 4 is 5.78 Å². The Hall–Kier alpha value is -0.830. The third kappa shape index (κ3) is 1.08. The van der Waals surface area contributed by atoms with E-state index in [4.69, 9.17) is 0 Å². The van der Waals surface area contributed by atoms with Crippen LogP contribution in [0.3, 0.4) is 0 Å². The highest BCUT2D eigenvalue weighted by Crippen LogP contribution is 2.59. The van der Waals surface area contributed by atoms with Gasteiger partial charge in [-0.1, -0.05) is 6.92 Å². The molecular weight excluding hydrogens is 226 g/mol. The van der Waals surface area contributed by atoms with Crippen LogP contribution in [0.25, 0.3) is 0 Å². The molecule has 3 nitrogen and oxygen atoms in total. The van der Waals surface area contributed by atoms with E-state index >= 15 is 0 Å². The second kappa shape index (κ2) is 3.38. The zero-order valence-corrected chi connectivity index (χ0v) is 11.0. The molecule has 0 amide bonds. The molecule has 2 heterocycles. The Morgan fingerprint density at radius 3 is 3.06 bits per heavy atom. The molecule has 3 heteroatoms. The molecule has 2 aliphatic heterocycles. The third-order valence-corrected chi connectivity index (χ3v) is 5.93. The van der Waals surface area contributed by atoms with E-state index in [1.165, 1.54) is 12.8 Å². The average Bonchev–Trinajstić information content (AvgIpc) is 2.71. The molecule has 98 valence electrons. The van der Waals surface area contributed by atoms with Crippen molar-refractivity contribution < 1.29 is 9.90 Å². The molecule has 4 rings (SSSR count). The number of Topliss-reactive ketones (excluding diaryl/α,β-unsaturated/α-hetero) is 1. The number of allylic oxidation sites excluding steroid dienone is 1. The first-order valence-corrected chi connectivity index (χ1v) is 7.36. The Morgan fingerprint density at radius 1 is 1.39 bits per heavy atom. The molecule has 0 radical (unpaired) electrons. The fraction of sp³-hybridized carbons (Fsp3) is 0.800. The van der Waals surface area contributed by atoms with Crippen LogP contribution < -0.4 is 0 Å². The molecule has 18 heavy (non-hydrogen) atoms. The van der Waals surface area contributed by atoms with E-state index in [1.807, 2.05) is 0 Å². The number of aliphatic hydroxyl groups is 1. The number of carbonyl (C=O) groups excluding carboxylic acids is 1. The lowest BCUT2D eigenvalue weighted by Gasteiger charge is -2.57. The molecule has 2 aliphatic carbocycles. The van der Waals surface area contributed by atoms with E-state index in [-0.39, 0.29) is 23.0 Å². The van der Waals surface area contributed by atoms with E-state index in [2.05, 4.69) is 11.8 Å². The van der Waals surface area contributed by atoms with E-state index in [0.717, 1.165) is 37.9 Å². The van der Waals surface area contributed by atoms with Gasteiger partial charge in [0.25, 0.3) is 0 Å². The molecule has 0 aromatic carbocycles. The maximum Gasteiger partial charge on any atom is 0.200 e. The van der Waals surface area contributed by atoms with Crippen LogP contribution in [0.5, 0.6) is 0 Å². The lowest BCUT2D eigenvalue weighted by Crippen LogP contribution is -2.63. The molecule has 4 atom stereocenters. The molecule has 1 N–H and O–H groups in total. The first-order valence-electron chi connectivity index (χ1n) is 7.36. The summed E-state index contributed by atoms with van der Waals surface area (Å²) in [6.07, 6.45) is 5.44.